The molecule has 1 aliphatic heterocycles. The van der Waals surface area contributed by atoms with Gasteiger partial charge in [-0.3, -0.25) is 4.79 Å². The van der Waals surface area contributed by atoms with E-state index >= 15 is 0 Å². The van der Waals surface area contributed by atoms with Crippen molar-refractivity contribution >= 4 is 35.8 Å². The smallest absolute Gasteiger partial charge is 0.280 e. The number of hydrogen-bond acceptors (Lipinski definition) is 3. The van der Waals surface area contributed by atoms with Crippen LogP contribution in [0.2, 0.25) is 5.02 Å². The lowest BCUT2D eigenvalue weighted by Gasteiger charge is -2.01. The van der Waals surface area contributed by atoms with E-state index in [4.69, 9.17) is 11.6 Å². The quantitative estimate of drug-likeness (QED) is 0.600. The predicted octanol–water partition coefficient (Wildman–Crippen LogP) is 4.32. The first-order valence-corrected chi connectivity index (χ1v) is 8.01. The number of fused-ring (bicyclic) bond motifs is 1. The van der Waals surface area contributed by atoms with Crippen molar-refractivity contribution in [1.82, 2.24) is 4.98 Å². The molecule has 4 nitrogen and oxygen atoms in total. The fraction of sp³-hybridized carbons (Fsp3) is 0. The van der Waals surface area contributed by atoms with Gasteiger partial charge >= 0.3 is 0 Å². The van der Waals surface area contributed by atoms with Gasteiger partial charge in [0.15, 0.2) is 5.88 Å². The molecule has 1 aromatic heterocycles. The topological polar surface area (TPSA) is 65.4 Å². The summed E-state index contributed by atoms with van der Waals surface area (Å²) >= 11 is 10.2. The Kier molecular flexibility index (Phi) is 3.48. The average Bonchev–Trinajstić information content (AvgIpc) is 3.08. The lowest BCUT2D eigenvalue weighted by molar-refractivity contribution is 0.101. The van der Waals surface area contributed by atoms with Crippen molar-refractivity contribution in [3.63, 3.8) is 0 Å². The maximum atomic E-state index is 12.4. The molecule has 0 saturated heterocycles. The van der Waals surface area contributed by atoms with Crippen LogP contribution in [0.5, 0.6) is 5.88 Å². The molecular weight excluding hydrogens is 344 g/mol. The van der Waals surface area contributed by atoms with E-state index in [1.807, 2.05) is 24.3 Å². The fourth-order valence-electron chi connectivity index (χ4n) is 2.81. The van der Waals surface area contributed by atoms with Crippen molar-refractivity contribution in [3.8, 4) is 17.1 Å². The van der Waals surface area contributed by atoms with Crippen LogP contribution in [0, 0.1) is 0 Å². The number of benzene rings is 2. The van der Waals surface area contributed by atoms with E-state index in [9.17, 15) is 9.90 Å². The Hall–Kier alpha value is -2.50. The van der Waals surface area contributed by atoms with Crippen molar-refractivity contribution in [2.75, 3.05) is 0 Å². The molecule has 1 aliphatic rings. The van der Waals surface area contributed by atoms with Gasteiger partial charge in [-0.25, -0.2) is 4.99 Å². The summed E-state index contributed by atoms with van der Waals surface area (Å²) in [6, 6.07) is 14.3. The Balaban J connectivity index is 1.87. The third-order valence-corrected chi connectivity index (χ3v) is 4.47. The van der Waals surface area contributed by atoms with Crippen LogP contribution in [-0.2, 0) is 0 Å². The third-order valence-electron chi connectivity index (χ3n) is 3.92. The summed E-state index contributed by atoms with van der Waals surface area (Å²) in [6.45, 7) is 0. The van der Waals surface area contributed by atoms with E-state index in [1.165, 1.54) is 0 Å². The number of aromatic hydroxyl groups is 1. The number of aliphatic imine (C=N–C) groups is 1. The van der Waals surface area contributed by atoms with Crippen LogP contribution in [0.25, 0.3) is 11.3 Å². The van der Waals surface area contributed by atoms with E-state index in [1.54, 1.807) is 24.3 Å². The van der Waals surface area contributed by atoms with Gasteiger partial charge in [0.1, 0.15) is 0 Å². The van der Waals surface area contributed by atoms with Gasteiger partial charge in [-0.2, -0.15) is 0 Å². The van der Waals surface area contributed by atoms with Gasteiger partial charge in [0.05, 0.1) is 22.5 Å². The Morgan fingerprint density at radius 3 is 2.25 bits per heavy atom. The normalized spacial score (nSPS) is 13.1. The highest BCUT2D eigenvalue weighted by atomic mass is 35.5. The molecule has 0 saturated carbocycles. The van der Waals surface area contributed by atoms with Crippen molar-refractivity contribution in [3.05, 3.63) is 70.2 Å². The van der Waals surface area contributed by atoms with Crippen LogP contribution in [0.1, 0.15) is 21.5 Å². The molecule has 24 heavy (non-hydrogen) atoms. The molecule has 0 aliphatic carbocycles. The molecule has 0 fully saturated rings. The van der Waals surface area contributed by atoms with E-state index in [0.29, 0.717) is 27.6 Å². The summed E-state index contributed by atoms with van der Waals surface area (Å²) in [5.74, 6) is -0.453. The average molecular weight is 355 g/mol. The molecule has 2 N–H and O–H groups in total. The highest BCUT2D eigenvalue weighted by Crippen LogP contribution is 2.38. The number of thiol groups is 1. The molecular formula is C18H11ClN2O2S. The van der Waals surface area contributed by atoms with Crippen LogP contribution in [-0.4, -0.2) is 21.7 Å². The van der Waals surface area contributed by atoms with Gasteiger partial charge in [0, 0.05) is 15.5 Å². The molecule has 0 radical (unpaired) electrons. The van der Waals surface area contributed by atoms with Crippen molar-refractivity contribution in [2.45, 2.75) is 4.90 Å². The van der Waals surface area contributed by atoms with E-state index < -0.39 is 0 Å². The first-order chi connectivity index (χ1) is 11.5. The van der Waals surface area contributed by atoms with Gasteiger partial charge in [-0.1, -0.05) is 35.9 Å². The first kappa shape index (κ1) is 15.1. The number of amides is 1. The molecule has 0 spiro atoms. The molecule has 1 amide bonds. The van der Waals surface area contributed by atoms with Gasteiger partial charge in [0.25, 0.3) is 5.91 Å². The summed E-state index contributed by atoms with van der Waals surface area (Å²) in [4.78, 5) is 20.3. The SMILES string of the molecule is O=C1N=C(c2ccc(Cl)cc2)c2c(O)[nH]c(-c3ccc(S)cc3)c21. The summed E-state index contributed by atoms with van der Waals surface area (Å²) in [5, 5.41) is 10.9. The number of nitrogens with one attached hydrogen (secondary N) is 1. The zero-order valence-electron chi connectivity index (χ0n) is 12.2. The number of carbonyl (C=O) groups excluding carboxylic acids is 1. The van der Waals surface area contributed by atoms with Crippen molar-refractivity contribution in [2.24, 2.45) is 4.99 Å². The van der Waals surface area contributed by atoms with Gasteiger partial charge in [-0.05, 0) is 29.8 Å². The van der Waals surface area contributed by atoms with Gasteiger partial charge < -0.3 is 10.1 Å². The number of rotatable bonds is 2. The number of nitrogens with zero attached hydrogens (tertiary/aromatic N) is 1. The molecule has 2 aromatic carbocycles. The molecule has 0 unspecified atom stereocenters. The number of hydrogen-bond donors (Lipinski definition) is 3. The Morgan fingerprint density at radius 2 is 1.58 bits per heavy atom. The second kappa shape index (κ2) is 5.54. The van der Waals surface area contributed by atoms with Gasteiger partial charge in [-0.15, -0.1) is 12.6 Å². The lowest BCUT2D eigenvalue weighted by atomic mass is 10.0. The molecule has 3 aromatic rings. The lowest BCUT2D eigenvalue weighted by Crippen LogP contribution is -1.99. The maximum absolute atomic E-state index is 12.4. The summed E-state index contributed by atoms with van der Waals surface area (Å²) in [6.07, 6.45) is 0. The van der Waals surface area contributed by atoms with Crippen molar-refractivity contribution in [1.29, 1.82) is 0 Å². The molecule has 2 heterocycles. The highest BCUT2D eigenvalue weighted by molar-refractivity contribution is 7.80. The molecule has 0 bridgehead atoms. The number of aromatic amines is 1. The minimum absolute atomic E-state index is 0.0745. The van der Waals surface area contributed by atoms with Crippen LogP contribution in [0.3, 0.4) is 0 Å². The monoisotopic (exact) mass is 354 g/mol. The van der Waals surface area contributed by atoms with Crippen LogP contribution in [0.4, 0.5) is 0 Å². The second-order valence-electron chi connectivity index (χ2n) is 5.42. The Labute approximate surface area is 148 Å². The van der Waals surface area contributed by atoms with Crippen LogP contribution < -0.4 is 0 Å². The molecule has 0 atom stereocenters. The largest absolute Gasteiger partial charge is 0.494 e. The van der Waals surface area contributed by atoms with Gasteiger partial charge in [0.2, 0.25) is 0 Å². The minimum atomic E-state index is -0.378. The Morgan fingerprint density at radius 1 is 0.958 bits per heavy atom. The van der Waals surface area contributed by atoms with Crippen molar-refractivity contribution < 1.29 is 9.90 Å². The predicted molar refractivity (Wildman–Crippen MR) is 96.6 cm³/mol. The zero-order chi connectivity index (χ0) is 16.8. The summed E-state index contributed by atoms with van der Waals surface area (Å²) in [7, 11) is 0. The molecule has 6 heteroatoms. The number of halogens is 1. The zero-order valence-corrected chi connectivity index (χ0v) is 13.9. The highest BCUT2D eigenvalue weighted by Gasteiger charge is 2.33. The summed E-state index contributed by atoms with van der Waals surface area (Å²) in [5.41, 5.74) is 3.30. The standard InChI is InChI=1S/C18H11ClN2O2S/c19-11-5-1-9(2-6-11)15-13-14(18(23)20-15)16(21-17(13)22)10-3-7-12(24)8-4-10/h1-8,21-22,24H. The fourth-order valence-corrected chi connectivity index (χ4v) is 3.08. The molecule has 118 valence electrons. The minimum Gasteiger partial charge on any atom is -0.494 e. The maximum Gasteiger partial charge on any atom is 0.280 e. The number of aromatic nitrogens is 1. The molecule has 4 rings (SSSR count). The number of carbonyl (C=O) groups is 1. The van der Waals surface area contributed by atoms with Crippen LogP contribution >= 0.6 is 24.2 Å². The van der Waals surface area contributed by atoms with E-state index in [-0.39, 0.29) is 11.8 Å². The number of H-pyrrole nitrogens is 1. The van der Waals surface area contributed by atoms with E-state index in [0.717, 1.165) is 16.0 Å². The second-order valence-corrected chi connectivity index (χ2v) is 6.37. The Bertz CT molecular complexity index is 989. The third kappa shape index (κ3) is 2.33. The summed E-state index contributed by atoms with van der Waals surface area (Å²) < 4.78 is 0. The van der Waals surface area contributed by atoms with Crippen LogP contribution in [0.15, 0.2) is 58.4 Å². The first-order valence-electron chi connectivity index (χ1n) is 7.18. The van der Waals surface area contributed by atoms with E-state index in [2.05, 4.69) is 22.6 Å².